The van der Waals surface area contributed by atoms with Crippen LogP contribution in [0.5, 0.6) is 17.4 Å². The van der Waals surface area contributed by atoms with Gasteiger partial charge in [0.25, 0.3) is 15.9 Å². The van der Waals surface area contributed by atoms with Crippen LogP contribution >= 0.6 is 23.2 Å². The molecule has 1 aliphatic rings. The Morgan fingerprint density at radius 1 is 1.00 bits per heavy atom. The number of carbonyl (C=O) groups excluding carboxylic acids is 1. The molecule has 10 nitrogen and oxygen atoms in total. The molecular weight excluding hydrogens is 711 g/mol. The third-order valence-corrected chi connectivity index (χ3v) is 10.7. The Balaban J connectivity index is 1.10. The summed E-state index contributed by atoms with van der Waals surface area (Å²) in [5.41, 5.74) is 3.16. The van der Waals surface area contributed by atoms with E-state index in [0.717, 1.165) is 16.5 Å². The smallest absolute Gasteiger partial charge is 0.387 e. The highest BCUT2D eigenvalue weighted by Gasteiger charge is 2.29. The van der Waals surface area contributed by atoms with Crippen LogP contribution < -0.4 is 14.2 Å². The first-order valence-corrected chi connectivity index (χ1v) is 17.8. The van der Waals surface area contributed by atoms with Crippen molar-refractivity contribution in [3.05, 3.63) is 106 Å². The number of anilines is 1. The summed E-state index contributed by atoms with van der Waals surface area (Å²) in [6.45, 7) is 3.28. The van der Waals surface area contributed by atoms with E-state index >= 15 is 0 Å². The molecule has 262 valence electrons. The van der Waals surface area contributed by atoms with E-state index in [1.165, 1.54) is 36.5 Å². The summed E-state index contributed by atoms with van der Waals surface area (Å²) >= 11 is 11.9. The number of aromatic nitrogens is 2. The number of pyridine rings is 1. The Morgan fingerprint density at radius 2 is 1.74 bits per heavy atom. The van der Waals surface area contributed by atoms with Crippen molar-refractivity contribution >= 4 is 55.7 Å². The van der Waals surface area contributed by atoms with Crippen LogP contribution in [0.15, 0.2) is 83.9 Å². The summed E-state index contributed by atoms with van der Waals surface area (Å²) in [4.78, 5) is 22.1. The topological polar surface area (TPSA) is 106 Å². The molecule has 1 fully saturated rings. The number of aryl methyl sites for hydroxylation is 2. The lowest BCUT2D eigenvalue weighted by atomic mass is 10.1. The quantitative estimate of drug-likeness (QED) is 0.156. The maximum absolute atomic E-state index is 13.7. The Morgan fingerprint density at radius 3 is 2.42 bits per heavy atom. The lowest BCUT2D eigenvalue weighted by Gasteiger charge is -2.40. The van der Waals surface area contributed by atoms with E-state index in [1.807, 2.05) is 34.7 Å². The van der Waals surface area contributed by atoms with Crippen LogP contribution in [0.4, 0.5) is 14.5 Å². The van der Waals surface area contributed by atoms with E-state index in [-0.39, 0.29) is 44.2 Å². The maximum Gasteiger partial charge on any atom is 0.387 e. The molecule has 2 aromatic heterocycles. The molecule has 0 radical (unpaired) electrons. The zero-order chi connectivity index (χ0) is 35.7. The van der Waals surface area contributed by atoms with E-state index in [0.29, 0.717) is 43.2 Å². The number of hydrogen-bond acceptors (Lipinski definition) is 7. The van der Waals surface area contributed by atoms with Crippen LogP contribution in [-0.4, -0.2) is 66.0 Å². The van der Waals surface area contributed by atoms with Gasteiger partial charge in [-0.05, 0) is 73.5 Å². The molecule has 0 saturated carbocycles. The Kier molecular flexibility index (Phi) is 10.2. The lowest BCUT2D eigenvalue weighted by molar-refractivity contribution is -0.0498. The SMILES string of the molecule is Cc1cc(Oc2ccc3cc(C(=O)N4CCN(Cc5ccc(OC(F)F)cc5)C(C)C4)n(C)c3c2)ncc1NS(=O)(=O)c1ccc(Cl)c(Cl)c1. The molecule has 0 spiro atoms. The van der Waals surface area contributed by atoms with E-state index in [2.05, 4.69) is 26.3 Å². The minimum atomic E-state index is -3.95. The minimum absolute atomic E-state index is 0.0391. The van der Waals surface area contributed by atoms with Crippen LogP contribution in [0.2, 0.25) is 10.0 Å². The molecule has 1 saturated heterocycles. The zero-order valence-corrected chi connectivity index (χ0v) is 29.6. The number of fused-ring (bicyclic) bond motifs is 1. The first-order valence-electron chi connectivity index (χ1n) is 15.6. The number of alkyl halides is 2. The van der Waals surface area contributed by atoms with Crippen molar-refractivity contribution < 1.29 is 31.5 Å². The van der Waals surface area contributed by atoms with Crippen molar-refractivity contribution in [3.8, 4) is 17.4 Å². The second kappa shape index (κ2) is 14.4. The van der Waals surface area contributed by atoms with Gasteiger partial charge in [-0.25, -0.2) is 13.4 Å². The summed E-state index contributed by atoms with van der Waals surface area (Å²) in [7, 11) is -2.11. The molecule has 1 unspecified atom stereocenters. The number of carbonyl (C=O) groups is 1. The van der Waals surface area contributed by atoms with E-state index in [1.54, 1.807) is 31.2 Å². The zero-order valence-electron chi connectivity index (χ0n) is 27.2. The molecular formula is C35H33Cl2F2N5O5S. The van der Waals surface area contributed by atoms with Crippen molar-refractivity contribution in [2.75, 3.05) is 24.4 Å². The Labute approximate surface area is 298 Å². The van der Waals surface area contributed by atoms with Gasteiger partial charge >= 0.3 is 6.61 Å². The number of halogens is 4. The average Bonchev–Trinajstić information content (AvgIpc) is 3.40. The van der Waals surface area contributed by atoms with E-state index in [9.17, 15) is 22.0 Å². The van der Waals surface area contributed by atoms with Crippen molar-refractivity contribution in [1.82, 2.24) is 19.4 Å². The number of rotatable bonds is 10. The molecule has 3 aromatic carbocycles. The van der Waals surface area contributed by atoms with Crippen LogP contribution in [0, 0.1) is 6.92 Å². The van der Waals surface area contributed by atoms with Crippen molar-refractivity contribution in [2.24, 2.45) is 7.05 Å². The van der Waals surface area contributed by atoms with Gasteiger partial charge in [0.15, 0.2) is 0 Å². The van der Waals surface area contributed by atoms with Crippen LogP contribution in [0.1, 0.15) is 28.5 Å². The molecule has 5 aromatic rings. The number of nitrogens with one attached hydrogen (secondary N) is 1. The molecule has 3 heterocycles. The summed E-state index contributed by atoms with van der Waals surface area (Å²) in [6.07, 6.45) is 1.37. The first-order chi connectivity index (χ1) is 23.8. The predicted molar refractivity (Wildman–Crippen MR) is 188 cm³/mol. The monoisotopic (exact) mass is 743 g/mol. The fraction of sp³-hybridized carbons (Fsp3) is 0.257. The summed E-state index contributed by atoms with van der Waals surface area (Å²) in [6, 6.07) is 19.7. The van der Waals surface area contributed by atoms with Gasteiger partial charge in [0.05, 0.1) is 32.3 Å². The average molecular weight is 745 g/mol. The Bertz CT molecular complexity index is 2170. The highest BCUT2D eigenvalue weighted by atomic mass is 35.5. The van der Waals surface area contributed by atoms with Gasteiger partial charge in [-0.1, -0.05) is 35.3 Å². The highest BCUT2D eigenvalue weighted by molar-refractivity contribution is 7.92. The third kappa shape index (κ3) is 7.81. The molecule has 15 heteroatoms. The summed E-state index contributed by atoms with van der Waals surface area (Å²) < 4.78 is 65.6. The molecule has 1 aliphatic heterocycles. The number of piperazine rings is 1. The van der Waals surface area contributed by atoms with Gasteiger partial charge in [-0.3, -0.25) is 14.4 Å². The number of hydrogen-bond donors (Lipinski definition) is 1. The van der Waals surface area contributed by atoms with Gasteiger partial charge in [0.2, 0.25) is 5.88 Å². The van der Waals surface area contributed by atoms with E-state index < -0.39 is 16.6 Å². The van der Waals surface area contributed by atoms with E-state index in [4.69, 9.17) is 27.9 Å². The van der Waals surface area contributed by atoms with Gasteiger partial charge in [0, 0.05) is 56.8 Å². The third-order valence-electron chi connectivity index (χ3n) is 8.58. The van der Waals surface area contributed by atoms with Gasteiger partial charge in [0.1, 0.15) is 17.2 Å². The number of amides is 1. The highest BCUT2D eigenvalue weighted by Crippen LogP contribution is 2.31. The fourth-order valence-electron chi connectivity index (χ4n) is 5.83. The predicted octanol–water partition coefficient (Wildman–Crippen LogP) is 7.73. The first kappa shape index (κ1) is 35.4. The maximum atomic E-state index is 13.7. The summed E-state index contributed by atoms with van der Waals surface area (Å²) in [5.74, 6) is 0.786. The van der Waals surface area contributed by atoms with Crippen LogP contribution in [0.25, 0.3) is 10.9 Å². The number of ether oxygens (including phenoxy) is 2. The molecule has 1 atom stereocenters. The minimum Gasteiger partial charge on any atom is -0.439 e. The normalized spacial score (nSPS) is 15.4. The second-order valence-electron chi connectivity index (χ2n) is 12.0. The van der Waals surface area contributed by atoms with Gasteiger partial charge in [-0.2, -0.15) is 8.78 Å². The fourth-order valence-corrected chi connectivity index (χ4v) is 7.33. The summed E-state index contributed by atoms with van der Waals surface area (Å²) in [5, 5.41) is 1.24. The van der Waals surface area contributed by atoms with Gasteiger partial charge in [-0.15, -0.1) is 0 Å². The van der Waals surface area contributed by atoms with Crippen LogP contribution in [0.3, 0.4) is 0 Å². The molecule has 6 rings (SSSR count). The van der Waals surface area contributed by atoms with Crippen molar-refractivity contribution in [3.63, 3.8) is 0 Å². The molecule has 0 aliphatic carbocycles. The van der Waals surface area contributed by atoms with Gasteiger partial charge < -0.3 is 18.9 Å². The van der Waals surface area contributed by atoms with Crippen molar-refractivity contribution in [2.45, 2.75) is 37.9 Å². The Hall–Kier alpha value is -4.43. The molecule has 1 N–H and O–H groups in total. The largest absolute Gasteiger partial charge is 0.439 e. The lowest BCUT2D eigenvalue weighted by Crippen LogP contribution is -2.53. The second-order valence-corrected chi connectivity index (χ2v) is 14.5. The number of sulfonamides is 1. The van der Waals surface area contributed by atoms with Crippen LogP contribution in [-0.2, 0) is 23.6 Å². The molecule has 1 amide bonds. The van der Waals surface area contributed by atoms with Crippen molar-refractivity contribution in [1.29, 1.82) is 0 Å². The number of nitrogens with zero attached hydrogens (tertiary/aromatic N) is 4. The molecule has 50 heavy (non-hydrogen) atoms. The molecule has 0 bridgehead atoms. The standard InChI is InChI=1S/C35H33Cl2F2N5O5S/c1-21-14-33(40-18-30(21)41-50(46,47)27-10-11-28(36)29(37)17-27)48-26-9-6-24-15-32(42(3)31(24)16-26)34(45)44-13-12-43(22(2)19-44)20-23-4-7-25(8-5-23)49-35(38)39/h4-11,14-18,22,35,41H,12-13,19-20H2,1-3H3. The number of benzene rings is 3.